The summed E-state index contributed by atoms with van der Waals surface area (Å²) in [6.07, 6.45) is 1.84. The van der Waals surface area contributed by atoms with Crippen LogP contribution in [0, 0.1) is 13.8 Å². The number of rotatable bonds is 8. The number of ether oxygens (including phenoxy) is 2. The topological polar surface area (TPSA) is 59.9 Å². The molecule has 0 aliphatic carbocycles. The lowest BCUT2D eigenvalue weighted by Crippen LogP contribution is -2.20. The Labute approximate surface area is 201 Å². The van der Waals surface area contributed by atoms with Crippen LogP contribution >= 0.6 is 27.5 Å². The molecular weight excluding hydrogens is 492 g/mol. The van der Waals surface area contributed by atoms with E-state index in [9.17, 15) is 4.79 Å². The number of nitrogens with one attached hydrogen (secondary N) is 1. The second-order valence-corrected chi connectivity index (χ2v) is 8.64. The first kappa shape index (κ1) is 23.8. The summed E-state index contributed by atoms with van der Waals surface area (Å²) >= 11 is 9.45. The van der Waals surface area contributed by atoms with E-state index < -0.39 is 0 Å². The number of methoxy groups -OCH3 is 1. The Morgan fingerprint density at radius 2 is 1.88 bits per heavy atom. The lowest BCUT2D eigenvalue weighted by atomic mass is 10.0. The molecule has 0 fully saturated rings. The maximum Gasteiger partial charge on any atom is 0.244 e. The van der Waals surface area contributed by atoms with Crippen LogP contribution in [-0.4, -0.2) is 19.2 Å². The largest absolute Gasteiger partial charge is 0.493 e. The van der Waals surface area contributed by atoms with Crippen LogP contribution in [0.25, 0.3) is 0 Å². The molecule has 0 spiro atoms. The molecule has 0 bridgehead atoms. The van der Waals surface area contributed by atoms with Crippen LogP contribution in [0.3, 0.4) is 0 Å². The first-order valence-electron chi connectivity index (χ1n) is 9.98. The molecule has 0 radical (unpaired) electrons. The van der Waals surface area contributed by atoms with E-state index in [0.29, 0.717) is 27.6 Å². The zero-order chi connectivity index (χ0) is 23.1. The quantitative estimate of drug-likeness (QED) is 0.296. The molecule has 0 saturated heterocycles. The van der Waals surface area contributed by atoms with Gasteiger partial charge in [0.15, 0.2) is 11.5 Å². The Morgan fingerprint density at radius 3 is 2.56 bits per heavy atom. The molecule has 0 aliphatic rings. The van der Waals surface area contributed by atoms with Gasteiger partial charge < -0.3 is 9.47 Å². The van der Waals surface area contributed by atoms with Crippen molar-refractivity contribution in [1.29, 1.82) is 0 Å². The summed E-state index contributed by atoms with van der Waals surface area (Å²) in [6, 6.07) is 17.1. The third-order valence-electron chi connectivity index (χ3n) is 4.80. The molecule has 0 saturated carbocycles. The van der Waals surface area contributed by atoms with Crippen LogP contribution in [0.1, 0.15) is 27.8 Å². The van der Waals surface area contributed by atoms with Gasteiger partial charge in [0.25, 0.3) is 0 Å². The molecule has 3 aromatic rings. The second kappa shape index (κ2) is 11.2. The number of carbonyl (C=O) groups excluding carboxylic acids is 1. The van der Waals surface area contributed by atoms with Gasteiger partial charge in [0, 0.05) is 5.02 Å². The number of hydrazone groups is 1. The third kappa shape index (κ3) is 6.58. The van der Waals surface area contributed by atoms with Crippen LogP contribution in [0.15, 0.2) is 64.2 Å². The van der Waals surface area contributed by atoms with Crippen molar-refractivity contribution in [2.45, 2.75) is 26.9 Å². The second-order valence-electron chi connectivity index (χ2n) is 7.35. The summed E-state index contributed by atoms with van der Waals surface area (Å²) < 4.78 is 12.1. The third-order valence-corrected chi connectivity index (χ3v) is 5.64. The predicted octanol–water partition coefficient (Wildman–Crippen LogP) is 6.00. The number of hydrogen-bond donors (Lipinski definition) is 1. The van der Waals surface area contributed by atoms with Crippen molar-refractivity contribution in [3.05, 3.63) is 91.9 Å². The van der Waals surface area contributed by atoms with Gasteiger partial charge in [-0.25, -0.2) is 5.43 Å². The first-order chi connectivity index (χ1) is 15.4. The van der Waals surface area contributed by atoms with E-state index in [2.05, 4.69) is 32.5 Å². The highest BCUT2D eigenvalue weighted by Crippen LogP contribution is 2.36. The number of aryl methyl sites for hydroxylation is 2. The predicted molar refractivity (Wildman–Crippen MR) is 132 cm³/mol. The average Bonchev–Trinajstić information content (AvgIpc) is 2.76. The number of halogens is 2. The number of benzene rings is 3. The molecule has 0 aliphatic heterocycles. The summed E-state index contributed by atoms with van der Waals surface area (Å²) in [5, 5.41) is 4.76. The van der Waals surface area contributed by atoms with Crippen LogP contribution in [0.4, 0.5) is 0 Å². The summed E-state index contributed by atoms with van der Waals surface area (Å²) in [5.41, 5.74) is 7.55. The monoisotopic (exact) mass is 514 g/mol. The highest BCUT2D eigenvalue weighted by molar-refractivity contribution is 9.10. The fourth-order valence-corrected chi connectivity index (χ4v) is 3.83. The number of carbonyl (C=O) groups is 1. The van der Waals surface area contributed by atoms with Gasteiger partial charge in [0.05, 0.1) is 24.2 Å². The van der Waals surface area contributed by atoms with Gasteiger partial charge in [0.2, 0.25) is 5.91 Å². The van der Waals surface area contributed by atoms with Gasteiger partial charge in [-0.2, -0.15) is 5.10 Å². The summed E-state index contributed by atoms with van der Waals surface area (Å²) in [5.74, 6) is 0.956. The summed E-state index contributed by atoms with van der Waals surface area (Å²) in [4.78, 5) is 12.2. The molecule has 32 heavy (non-hydrogen) atoms. The van der Waals surface area contributed by atoms with Crippen LogP contribution in [0.5, 0.6) is 11.5 Å². The van der Waals surface area contributed by atoms with Gasteiger partial charge in [-0.05, 0) is 76.3 Å². The minimum absolute atomic E-state index is 0.179. The Morgan fingerprint density at radius 1 is 1.12 bits per heavy atom. The molecule has 3 aromatic carbocycles. The fraction of sp³-hybridized carbons (Fsp3) is 0.200. The lowest BCUT2D eigenvalue weighted by molar-refractivity contribution is -0.120. The molecule has 1 amide bonds. The van der Waals surface area contributed by atoms with Gasteiger partial charge >= 0.3 is 0 Å². The van der Waals surface area contributed by atoms with Crippen molar-refractivity contribution in [3.63, 3.8) is 0 Å². The van der Waals surface area contributed by atoms with Gasteiger partial charge in [0.1, 0.15) is 6.61 Å². The van der Waals surface area contributed by atoms with E-state index >= 15 is 0 Å². The molecule has 0 heterocycles. The van der Waals surface area contributed by atoms with Gasteiger partial charge in [-0.3, -0.25) is 4.79 Å². The normalized spacial score (nSPS) is 10.9. The Hall–Kier alpha value is -2.83. The van der Waals surface area contributed by atoms with E-state index in [4.69, 9.17) is 21.1 Å². The van der Waals surface area contributed by atoms with Crippen LogP contribution in [-0.2, 0) is 17.8 Å². The van der Waals surface area contributed by atoms with Crippen molar-refractivity contribution in [2.75, 3.05) is 7.11 Å². The average molecular weight is 516 g/mol. The maximum absolute atomic E-state index is 12.2. The first-order valence-corrected chi connectivity index (χ1v) is 11.2. The van der Waals surface area contributed by atoms with Crippen molar-refractivity contribution < 1.29 is 14.3 Å². The number of amides is 1. The minimum Gasteiger partial charge on any atom is -0.493 e. The number of nitrogens with zero attached hydrogens (tertiary/aromatic N) is 1. The van der Waals surface area contributed by atoms with E-state index in [0.717, 1.165) is 22.3 Å². The summed E-state index contributed by atoms with van der Waals surface area (Å²) in [6.45, 7) is 4.40. The SMILES string of the molecule is COc1cc(/C=N/NC(=O)Cc2ccc(C)cc2C)cc(Br)c1OCc1ccc(Cl)cc1. The molecule has 3 rings (SSSR count). The minimum atomic E-state index is -0.179. The van der Waals surface area contributed by atoms with Crippen LogP contribution < -0.4 is 14.9 Å². The van der Waals surface area contributed by atoms with Gasteiger partial charge in [-0.15, -0.1) is 0 Å². The van der Waals surface area contributed by atoms with Crippen molar-refractivity contribution >= 4 is 39.7 Å². The van der Waals surface area contributed by atoms with E-state index in [-0.39, 0.29) is 12.3 Å². The van der Waals surface area contributed by atoms with Gasteiger partial charge in [-0.1, -0.05) is 47.5 Å². The Bertz CT molecular complexity index is 1130. The molecule has 0 unspecified atom stereocenters. The molecule has 0 aromatic heterocycles. The fourth-order valence-electron chi connectivity index (χ4n) is 3.13. The molecule has 5 nitrogen and oxygen atoms in total. The highest BCUT2D eigenvalue weighted by atomic mass is 79.9. The molecule has 7 heteroatoms. The van der Waals surface area contributed by atoms with Crippen LogP contribution in [0.2, 0.25) is 5.02 Å². The molecular formula is C25H24BrClN2O3. The van der Waals surface area contributed by atoms with E-state index in [1.54, 1.807) is 19.4 Å². The van der Waals surface area contributed by atoms with Crippen molar-refractivity contribution in [3.8, 4) is 11.5 Å². The Balaban J connectivity index is 1.63. The zero-order valence-electron chi connectivity index (χ0n) is 18.1. The summed E-state index contributed by atoms with van der Waals surface area (Å²) in [7, 11) is 1.57. The maximum atomic E-state index is 12.2. The smallest absolute Gasteiger partial charge is 0.244 e. The lowest BCUT2D eigenvalue weighted by Gasteiger charge is -2.13. The van der Waals surface area contributed by atoms with E-state index in [1.165, 1.54) is 5.56 Å². The number of hydrogen-bond acceptors (Lipinski definition) is 4. The van der Waals surface area contributed by atoms with Crippen molar-refractivity contribution in [2.24, 2.45) is 5.10 Å². The molecule has 166 valence electrons. The highest BCUT2D eigenvalue weighted by Gasteiger charge is 2.12. The standard InChI is InChI=1S/C25H24BrClN2O3/c1-16-4-7-20(17(2)10-16)13-24(30)29-28-14-19-11-22(26)25(23(12-19)31-3)32-15-18-5-8-21(27)9-6-18/h4-12,14H,13,15H2,1-3H3,(H,29,30)/b28-14+. The van der Waals surface area contributed by atoms with E-state index in [1.807, 2.05) is 56.3 Å². The van der Waals surface area contributed by atoms with Crippen molar-refractivity contribution in [1.82, 2.24) is 5.43 Å². The molecule has 1 N–H and O–H groups in total. The molecule has 0 atom stereocenters. The zero-order valence-corrected chi connectivity index (χ0v) is 20.5. The Kier molecular flexibility index (Phi) is 8.31.